The van der Waals surface area contributed by atoms with E-state index in [0.717, 1.165) is 34.0 Å². The van der Waals surface area contributed by atoms with Crippen molar-refractivity contribution >= 4 is 34.4 Å². The zero-order chi connectivity index (χ0) is 31.0. The number of carbonyl (C=O) groups excluding carboxylic acids is 2. The van der Waals surface area contributed by atoms with E-state index in [-0.39, 0.29) is 31.4 Å². The van der Waals surface area contributed by atoms with Gasteiger partial charge in [0.1, 0.15) is 18.0 Å². The zero-order valence-corrected chi connectivity index (χ0v) is 27.9. The first-order valence-electron chi connectivity index (χ1n) is 15.9. The van der Waals surface area contributed by atoms with Crippen LogP contribution in [-0.4, -0.2) is 58.3 Å². The highest BCUT2D eigenvalue weighted by Gasteiger charge is 2.40. The molecule has 0 bridgehead atoms. The number of amides is 2. The number of hydrogen-bond acceptors (Lipinski definition) is 5. The van der Waals surface area contributed by atoms with Crippen LogP contribution in [0.2, 0.25) is 0 Å². The predicted octanol–water partition coefficient (Wildman–Crippen LogP) is 6.46. The Labute approximate surface area is 271 Å². The summed E-state index contributed by atoms with van der Waals surface area (Å²) in [5.41, 5.74) is 2.53. The monoisotopic (exact) mass is 704 g/mol. The highest BCUT2D eigenvalue weighted by molar-refractivity contribution is 14.1. The van der Waals surface area contributed by atoms with Crippen LogP contribution in [0.15, 0.2) is 60.2 Å². The second kappa shape index (κ2) is 19.1. The van der Waals surface area contributed by atoms with E-state index in [1.165, 1.54) is 38.5 Å². The molecule has 236 valence electrons. The van der Waals surface area contributed by atoms with Crippen molar-refractivity contribution in [1.29, 1.82) is 0 Å². The number of unbranched alkanes of at least 4 members (excludes halogenated alkanes) is 8. The molecule has 2 amide bonds. The van der Waals surface area contributed by atoms with Crippen LogP contribution >= 0.6 is 22.6 Å². The smallest absolute Gasteiger partial charge is 0.247 e. The van der Waals surface area contributed by atoms with Crippen molar-refractivity contribution in [3.8, 4) is 5.75 Å². The van der Waals surface area contributed by atoms with Crippen molar-refractivity contribution in [3.63, 3.8) is 0 Å². The Bertz CT molecular complexity index is 1170. The van der Waals surface area contributed by atoms with E-state index in [0.29, 0.717) is 24.3 Å². The average molecular weight is 705 g/mol. The Balaban J connectivity index is 1.79. The fourth-order valence-electron chi connectivity index (χ4n) is 5.48. The van der Waals surface area contributed by atoms with E-state index in [4.69, 9.17) is 4.74 Å². The third-order valence-electron chi connectivity index (χ3n) is 8.00. The fraction of sp³-hybridized carbons (Fsp3) is 0.543. The minimum atomic E-state index is -1.04. The van der Waals surface area contributed by atoms with Gasteiger partial charge in [-0.15, -0.1) is 0 Å². The Morgan fingerprint density at radius 3 is 2.28 bits per heavy atom. The first-order valence-corrected chi connectivity index (χ1v) is 17.0. The topological polar surface area (TPSA) is 99.1 Å². The van der Waals surface area contributed by atoms with Gasteiger partial charge >= 0.3 is 0 Å². The van der Waals surface area contributed by atoms with E-state index < -0.39 is 18.2 Å². The first kappa shape index (κ1) is 35.1. The molecule has 3 atom stereocenters. The van der Waals surface area contributed by atoms with Gasteiger partial charge in [0.2, 0.25) is 11.8 Å². The summed E-state index contributed by atoms with van der Waals surface area (Å²) in [5.74, 6) is 0.242. The third-order valence-corrected chi connectivity index (χ3v) is 8.89. The summed E-state index contributed by atoms with van der Waals surface area (Å²) in [6.45, 7) is 4.53. The van der Waals surface area contributed by atoms with Gasteiger partial charge in [-0.1, -0.05) is 100 Å². The molecule has 0 saturated heterocycles. The number of benzene rings is 2. The van der Waals surface area contributed by atoms with Gasteiger partial charge < -0.3 is 25.2 Å². The molecule has 0 unspecified atom stereocenters. The molecule has 0 aromatic heterocycles. The fourth-order valence-corrected chi connectivity index (χ4v) is 5.99. The lowest BCUT2D eigenvalue weighted by Crippen LogP contribution is -2.54. The number of aliphatic hydroxyl groups is 2. The second-order valence-electron chi connectivity index (χ2n) is 11.5. The van der Waals surface area contributed by atoms with Crippen molar-refractivity contribution in [3.05, 3.63) is 74.9 Å². The molecule has 1 aliphatic rings. The first-order chi connectivity index (χ1) is 20.8. The molecule has 0 heterocycles. The van der Waals surface area contributed by atoms with Crippen molar-refractivity contribution in [2.24, 2.45) is 0 Å². The lowest BCUT2D eigenvalue weighted by Gasteiger charge is -2.40. The van der Waals surface area contributed by atoms with Gasteiger partial charge in [-0.2, -0.15) is 0 Å². The molecule has 0 aliphatic heterocycles. The maximum atomic E-state index is 13.9. The largest absolute Gasteiger partial charge is 0.482 e. The van der Waals surface area contributed by atoms with Gasteiger partial charge in [0.05, 0.1) is 16.2 Å². The summed E-state index contributed by atoms with van der Waals surface area (Å²) in [4.78, 5) is 28.7. The van der Waals surface area contributed by atoms with Crippen molar-refractivity contribution in [2.75, 3.05) is 13.2 Å². The molecule has 0 radical (unpaired) electrons. The Morgan fingerprint density at radius 2 is 1.63 bits per heavy atom. The third kappa shape index (κ3) is 11.5. The highest BCUT2D eigenvalue weighted by Crippen LogP contribution is 2.31. The standard InChI is InChI=1S/C35H49IN2O5/c1-3-4-5-6-7-8-9-10-11-16-33(40)38(25-27-19-17-26(2)18-20-27)30-23-28(35(42)37-21-22-39)24-32(34(30)41)43-31-15-13-12-14-29(31)36/h12-15,17-20,24,30,32,34,39,41H,3-11,16,21-23,25H2,1-2H3,(H,37,42)/t30-,32+,34+/m1/s1. The maximum absolute atomic E-state index is 13.9. The summed E-state index contributed by atoms with van der Waals surface area (Å²) in [6.07, 6.45) is 10.9. The number of aliphatic hydroxyl groups excluding tert-OH is 2. The summed E-state index contributed by atoms with van der Waals surface area (Å²) >= 11 is 2.18. The van der Waals surface area contributed by atoms with Crippen LogP contribution in [0.25, 0.3) is 0 Å². The zero-order valence-electron chi connectivity index (χ0n) is 25.8. The molecule has 2 aromatic carbocycles. The molecule has 0 spiro atoms. The number of aryl methyl sites for hydroxylation is 1. The molecule has 3 N–H and O–H groups in total. The number of halogens is 1. The molecular formula is C35H49IN2O5. The molecule has 0 saturated carbocycles. The van der Waals surface area contributed by atoms with Crippen LogP contribution in [0.3, 0.4) is 0 Å². The minimum absolute atomic E-state index is 0.0300. The van der Waals surface area contributed by atoms with Crippen LogP contribution in [-0.2, 0) is 16.1 Å². The number of para-hydroxylation sites is 1. The van der Waals surface area contributed by atoms with Gasteiger partial charge in [-0.3, -0.25) is 9.59 Å². The second-order valence-corrected chi connectivity index (χ2v) is 12.7. The van der Waals surface area contributed by atoms with Crippen molar-refractivity contribution < 1.29 is 24.5 Å². The van der Waals surface area contributed by atoms with E-state index >= 15 is 0 Å². The Hall–Kier alpha value is -2.43. The van der Waals surface area contributed by atoms with Crippen molar-refractivity contribution in [1.82, 2.24) is 10.2 Å². The SMILES string of the molecule is CCCCCCCCCCCC(=O)N(Cc1ccc(C)cc1)[C@@H]1CC(C(=O)NCCO)=C[C@H](Oc2ccccc2I)[C@H]1O. The average Bonchev–Trinajstić information content (AvgIpc) is 3.00. The minimum Gasteiger partial charge on any atom is -0.482 e. The van der Waals surface area contributed by atoms with Crippen molar-refractivity contribution in [2.45, 2.75) is 109 Å². The summed E-state index contributed by atoms with van der Waals surface area (Å²) in [5, 5.41) is 23.7. The van der Waals surface area contributed by atoms with E-state index in [2.05, 4.69) is 34.8 Å². The van der Waals surface area contributed by atoms with Crippen LogP contribution in [0.5, 0.6) is 5.75 Å². The summed E-state index contributed by atoms with van der Waals surface area (Å²) < 4.78 is 7.15. The van der Waals surface area contributed by atoms with Gasteiger partial charge in [0, 0.05) is 31.5 Å². The molecule has 43 heavy (non-hydrogen) atoms. The lowest BCUT2D eigenvalue weighted by molar-refractivity contribution is -0.139. The van der Waals surface area contributed by atoms with E-state index in [9.17, 15) is 19.8 Å². The molecule has 0 fully saturated rings. The van der Waals surface area contributed by atoms with Gasteiger partial charge in [0.25, 0.3) is 0 Å². The number of hydrogen-bond donors (Lipinski definition) is 3. The number of ether oxygens (including phenoxy) is 1. The Morgan fingerprint density at radius 1 is 0.977 bits per heavy atom. The number of rotatable bonds is 18. The quantitative estimate of drug-likeness (QED) is 0.122. The van der Waals surface area contributed by atoms with E-state index in [1.807, 2.05) is 55.5 Å². The van der Waals surface area contributed by atoms with Crippen LogP contribution in [0, 0.1) is 10.5 Å². The number of carbonyl (C=O) groups is 2. The van der Waals surface area contributed by atoms with Gasteiger partial charge in [-0.05, 0) is 59.7 Å². The molecule has 2 aromatic rings. The maximum Gasteiger partial charge on any atom is 0.247 e. The van der Waals surface area contributed by atoms with Crippen LogP contribution in [0.1, 0.15) is 88.7 Å². The normalized spacial score (nSPS) is 18.2. The summed E-state index contributed by atoms with van der Waals surface area (Å²) in [6, 6.07) is 14.9. The molecule has 3 rings (SSSR count). The molecule has 1 aliphatic carbocycles. The number of nitrogens with zero attached hydrogens (tertiary/aromatic N) is 1. The Kier molecular flexibility index (Phi) is 15.5. The molecule has 8 heteroatoms. The van der Waals surface area contributed by atoms with Gasteiger partial charge in [0.15, 0.2) is 0 Å². The lowest BCUT2D eigenvalue weighted by atomic mass is 9.87. The number of nitrogens with one attached hydrogen (secondary N) is 1. The highest BCUT2D eigenvalue weighted by atomic mass is 127. The predicted molar refractivity (Wildman–Crippen MR) is 180 cm³/mol. The molecular weight excluding hydrogens is 655 g/mol. The van der Waals surface area contributed by atoms with Crippen LogP contribution < -0.4 is 10.1 Å². The molecule has 7 nitrogen and oxygen atoms in total. The summed E-state index contributed by atoms with van der Waals surface area (Å²) in [7, 11) is 0. The van der Waals surface area contributed by atoms with Crippen LogP contribution in [0.4, 0.5) is 0 Å². The van der Waals surface area contributed by atoms with E-state index in [1.54, 1.807) is 11.0 Å². The van der Waals surface area contributed by atoms with Gasteiger partial charge in [-0.25, -0.2) is 0 Å².